The molecule has 1 saturated heterocycles. The largest absolute Gasteiger partial charge is 0.445 e. The predicted molar refractivity (Wildman–Crippen MR) is 148 cm³/mol. The molecule has 41 heavy (non-hydrogen) atoms. The molecule has 2 aromatic rings. The Morgan fingerprint density at radius 2 is 1.83 bits per heavy atom. The van der Waals surface area contributed by atoms with Crippen molar-refractivity contribution in [1.82, 2.24) is 15.5 Å². The summed E-state index contributed by atoms with van der Waals surface area (Å²) in [6, 6.07) is 12.9. The first-order valence-corrected chi connectivity index (χ1v) is 14.0. The van der Waals surface area contributed by atoms with Crippen molar-refractivity contribution in [2.45, 2.75) is 61.3 Å². The molecule has 1 heterocycles. The van der Waals surface area contributed by atoms with Crippen LogP contribution in [0, 0.1) is 0 Å². The van der Waals surface area contributed by atoms with Crippen molar-refractivity contribution in [2.24, 2.45) is 0 Å². The van der Waals surface area contributed by atoms with Crippen LogP contribution in [0.2, 0.25) is 0 Å². The number of alkyl carbamates (subject to hydrolysis) is 1. The molecule has 2 aliphatic rings. The van der Waals surface area contributed by atoms with Gasteiger partial charge >= 0.3 is 12.3 Å². The van der Waals surface area contributed by atoms with E-state index in [0.29, 0.717) is 0 Å². The van der Waals surface area contributed by atoms with Gasteiger partial charge in [0.05, 0.1) is 17.0 Å². The van der Waals surface area contributed by atoms with Crippen molar-refractivity contribution >= 4 is 29.7 Å². The number of thioether (sulfide) groups is 1. The third-order valence-electron chi connectivity index (χ3n) is 7.45. The van der Waals surface area contributed by atoms with Crippen molar-refractivity contribution in [1.29, 1.82) is 0 Å². The Bertz CT molecular complexity index is 1310. The Kier molecular flexibility index (Phi) is 8.74. The maximum atomic E-state index is 13.8. The summed E-state index contributed by atoms with van der Waals surface area (Å²) >= 11 is 1.30. The molecule has 3 amide bonds. The summed E-state index contributed by atoms with van der Waals surface area (Å²) in [6.45, 7) is 6.53. The summed E-state index contributed by atoms with van der Waals surface area (Å²) in [5.74, 6) is -1.76. The molecule has 1 aliphatic carbocycles. The predicted octanol–water partition coefficient (Wildman–Crippen LogP) is 4.20. The fourth-order valence-corrected chi connectivity index (χ4v) is 6.41. The molecule has 4 atom stereocenters. The summed E-state index contributed by atoms with van der Waals surface area (Å²) in [4.78, 5) is 40.9. The molecular formula is C29H32F3N3O5S. The van der Waals surface area contributed by atoms with Crippen LogP contribution in [0.25, 0.3) is 0 Å². The zero-order valence-electron chi connectivity index (χ0n) is 22.6. The van der Waals surface area contributed by atoms with Gasteiger partial charge in [-0.15, -0.1) is 11.8 Å². The lowest BCUT2D eigenvalue weighted by molar-refractivity contribution is -0.148. The minimum atomic E-state index is -4.59. The fraction of sp³-hybridized carbons (Fsp3) is 0.414. The number of ether oxygens (including phenoxy) is 1. The SMILES string of the molecule is C=CCOC(=O)N[C@]1([C@H](O)C(=O)N2CSC(C)(C)[C@@H]2C(=O)NCc2ccccc2C(F)(F)F)C[C@H]1c1ccccc1. The number of nitrogens with one attached hydrogen (secondary N) is 2. The molecule has 12 heteroatoms. The minimum absolute atomic E-state index is 0.0626. The number of hydrogen-bond donors (Lipinski definition) is 3. The van der Waals surface area contributed by atoms with Crippen molar-refractivity contribution in [3.8, 4) is 0 Å². The van der Waals surface area contributed by atoms with Crippen LogP contribution in [0.4, 0.5) is 18.0 Å². The van der Waals surface area contributed by atoms with Crippen LogP contribution >= 0.6 is 11.8 Å². The number of hydrogen-bond acceptors (Lipinski definition) is 6. The number of aliphatic hydroxyl groups excluding tert-OH is 1. The minimum Gasteiger partial charge on any atom is -0.445 e. The van der Waals surface area contributed by atoms with Gasteiger partial charge in [-0.1, -0.05) is 61.2 Å². The molecule has 0 bridgehead atoms. The van der Waals surface area contributed by atoms with E-state index in [-0.39, 0.29) is 24.5 Å². The first-order chi connectivity index (χ1) is 19.3. The van der Waals surface area contributed by atoms with E-state index in [1.54, 1.807) is 26.0 Å². The van der Waals surface area contributed by atoms with Crippen LogP contribution in [-0.2, 0) is 27.0 Å². The van der Waals surface area contributed by atoms with Gasteiger partial charge in [-0.2, -0.15) is 13.2 Å². The molecule has 8 nitrogen and oxygen atoms in total. The summed E-state index contributed by atoms with van der Waals surface area (Å²) in [5, 5.41) is 16.6. The number of alkyl halides is 3. The van der Waals surface area contributed by atoms with E-state index in [0.717, 1.165) is 11.6 Å². The average molecular weight is 592 g/mol. The lowest BCUT2D eigenvalue weighted by Gasteiger charge is -2.33. The number of carbonyl (C=O) groups is 3. The average Bonchev–Trinajstić information content (AvgIpc) is 3.57. The van der Waals surface area contributed by atoms with Gasteiger partial charge in [-0.3, -0.25) is 9.59 Å². The number of aliphatic hydroxyl groups is 1. The van der Waals surface area contributed by atoms with E-state index >= 15 is 0 Å². The molecule has 1 aliphatic heterocycles. The molecule has 4 rings (SSSR count). The Hall–Kier alpha value is -3.51. The van der Waals surface area contributed by atoms with E-state index in [1.165, 1.54) is 40.9 Å². The van der Waals surface area contributed by atoms with Crippen LogP contribution in [0.5, 0.6) is 0 Å². The van der Waals surface area contributed by atoms with Crippen LogP contribution in [0.15, 0.2) is 67.3 Å². The lowest BCUT2D eigenvalue weighted by atomic mass is 9.97. The number of nitrogens with zero attached hydrogens (tertiary/aromatic N) is 1. The summed E-state index contributed by atoms with van der Waals surface area (Å²) in [6.07, 6.45) is -5.51. The lowest BCUT2D eigenvalue weighted by Crippen LogP contribution is -2.59. The van der Waals surface area contributed by atoms with Crippen molar-refractivity contribution < 1.29 is 37.4 Å². The standard InChI is InChI=1S/C29H32F3N3O5S/c1-4-14-40-26(39)34-28(15-21(28)18-10-6-5-7-11-18)23(36)25(38)35-17-41-27(2,3)22(35)24(37)33-16-19-12-8-9-13-20(19)29(30,31)32/h4-13,21-23,36H,1,14-17H2,2-3H3,(H,33,37)(H,34,39)/t21-,22-,23+,28+/m0/s1. The first-order valence-electron chi connectivity index (χ1n) is 13.0. The first kappa shape index (κ1) is 30.4. The molecular weight excluding hydrogens is 559 g/mol. The van der Waals surface area contributed by atoms with Crippen LogP contribution < -0.4 is 10.6 Å². The molecule has 220 valence electrons. The van der Waals surface area contributed by atoms with E-state index in [1.807, 2.05) is 18.2 Å². The topological polar surface area (TPSA) is 108 Å². The van der Waals surface area contributed by atoms with Gasteiger partial charge in [0.1, 0.15) is 12.6 Å². The molecule has 0 unspecified atom stereocenters. The molecule has 0 aromatic heterocycles. The van der Waals surface area contributed by atoms with Crippen LogP contribution in [-0.4, -0.2) is 62.8 Å². The maximum absolute atomic E-state index is 13.8. The second-order valence-corrected chi connectivity index (χ2v) is 12.2. The van der Waals surface area contributed by atoms with Gasteiger partial charge in [0.15, 0.2) is 6.10 Å². The quantitative estimate of drug-likeness (QED) is 0.378. The number of halogens is 3. The van der Waals surface area contributed by atoms with Gasteiger partial charge in [-0.05, 0) is 37.5 Å². The Balaban J connectivity index is 1.55. The van der Waals surface area contributed by atoms with E-state index in [4.69, 9.17) is 4.74 Å². The number of carbonyl (C=O) groups excluding carboxylic acids is 3. The highest BCUT2D eigenvalue weighted by Crippen LogP contribution is 2.54. The summed E-state index contributed by atoms with van der Waals surface area (Å²) in [5.41, 5.74) is -1.54. The highest BCUT2D eigenvalue weighted by molar-refractivity contribution is 8.00. The maximum Gasteiger partial charge on any atom is 0.416 e. The second kappa shape index (κ2) is 11.8. The van der Waals surface area contributed by atoms with Crippen molar-refractivity contribution in [3.05, 3.63) is 83.9 Å². The molecule has 3 N–H and O–H groups in total. The highest BCUT2D eigenvalue weighted by Gasteiger charge is 2.64. The number of amides is 3. The van der Waals surface area contributed by atoms with Crippen LogP contribution in [0.3, 0.4) is 0 Å². The van der Waals surface area contributed by atoms with Gasteiger partial charge < -0.3 is 25.4 Å². The van der Waals surface area contributed by atoms with E-state index < -0.39 is 64.5 Å². The monoisotopic (exact) mass is 591 g/mol. The van der Waals surface area contributed by atoms with Gasteiger partial charge in [-0.25, -0.2) is 4.79 Å². The molecule has 2 fully saturated rings. The summed E-state index contributed by atoms with van der Waals surface area (Å²) < 4.78 is 44.6. The molecule has 1 saturated carbocycles. The van der Waals surface area contributed by atoms with E-state index in [9.17, 15) is 32.7 Å². The van der Waals surface area contributed by atoms with E-state index in [2.05, 4.69) is 17.2 Å². The highest BCUT2D eigenvalue weighted by atomic mass is 32.2. The summed E-state index contributed by atoms with van der Waals surface area (Å²) in [7, 11) is 0. The zero-order chi connectivity index (χ0) is 30.0. The number of benzene rings is 2. The molecule has 0 radical (unpaired) electrons. The second-order valence-electron chi connectivity index (χ2n) is 10.6. The normalized spacial score (nSPS) is 23.8. The Labute approximate surface area is 240 Å². The Morgan fingerprint density at radius 1 is 1.17 bits per heavy atom. The van der Waals surface area contributed by atoms with Crippen molar-refractivity contribution in [2.75, 3.05) is 12.5 Å². The van der Waals surface area contributed by atoms with Crippen LogP contribution in [0.1, 0.15) is 42.9 Å². The molecule has 2 aromatic carbocycles. The van der Waals surface area contributed by atoms with Gasteiger partial charge in [0.25, 0.3) is 5.91 Å². The number of rotatable bonds is 9. The smallest absolute Gasteiger partial charge is 0.416 e. The Morgan fingerprint density at radius 3 is 2.49 bits per heavy atom. The van der Waals surface area contributed by atoms with Crippen molar-refractivity contribution in [3.63, 3.8) is 0 Å². The fourth-order valence-electron chi connectivity index (χ4n) is 5.27. The molecule has 0 spiro atoms. The van der Waals surface area contributed by atoms with Gasteiger partial charge in [0.2, 0.25) is 5.91 Å². The third-order valence-corrected chi connectivity index (χ3v) is 8.82. The van der Waals surface area contributed by atoms with Gasteiger partial charge in [0, 0.05) is 17.2 Å². The third kappa shape index (κ3) is 6.38. The zero-order valence-corrected chi connectivity index (χ0v) is 23.4.